The number of aromatic nitrogens is 5. The first-order valence-corrected chi connectivity index (χ1v) is 4.49. The Kier molecular flexibility index (Phi) is 1.68. The zero-order valence-corrected chi connectivity index (χ0v) is 7.78. The molecule has 0 atom stereocenters. The van der Waals surface area contributed by atoms with Gasteiger partial charge in [0.15, 0.2) is 5.65 Å². The predicted molar refractivity (Wildman–Crippen MR) is 54.0 cm³/mol. The van der Waals surface area contributed by atoms with Gasteiger partial charge in [-0.1, -0.05) is 0 Å². The summed E-state index contributed by atoms with van der Waals surface area (Å²) in [5.74, 6) is 0. The Labute approximate surface area is 85.5 Å². The molecule has 5 heteroatoms. The second kappa shape index (κ2) is 3.13. The zero-order valence-electron chi connectivity index (χ0n) is 7.78. The van der Waals surface area contributed by atoms with Gasteiger partial charge in [-0.15, -0.1) is 0 Å². The lowest BCUT2D eigenvalue weighted by atomic mass is 10.2. The topological polar surface area (TPSA) is 56.0 Å². The van der Waals surface area contributed by atoms with Crippen molar-refractivity contribution in [2.75, 3.05) is 0 Å². The fraction of sp³-hybridized carbons (Fsp3) is 0. The van der Waals surface area contributed by atoms with Gasteiger partial charge in [0.25, 0.3) is 0 Å². The summed E-state index contributed by atoms with van der Waals surface area (Å²) in [4.78, 5) is 12.2. The second-order valence-electron chi connectivity index (χ2n) is 3.06. The van der Waals surface area contributed by atoms with Gasteiger partial charge in [-0.2, -0.15) is 5.10 Å². The summed E-state index contributed by atoms with van der Waals surface area (Å²) < 4.78 is 1.75. The Morgan fingerprint density at radius 2 is 1.87 bits per heavy atom. The van der Waals surface area contributed by atoms with Crippen molar-refractivity contribution < 1.29 is 0 Å². The first kappa shape index (κ1) is 8.05. The van der Waals surface area contributed by atoms with Crippen LogP contribution in [0.5, 0.6) is 0 Å². The van der Waals surface area contributed by atoms with E-state index in [4.69, 9.17) is 0 Å². The van der Waals surface area contributed by atoms with E-state index in [1.165, 1.54) is 6.33 Å². The van der Waals surface area contributed by atoms with Gasteiger partial charge in [0.2, 0.25) is 0 Å². The van der Waals surface area contributed by atoms with Crippen molar-refractivity contribution in [1.29, 1.82) is 0 Å². The Hall–Kier alpha value is -2.30. The lowest BCUT2D eigenvalue weighted by molar-refractivity contribution is 0.954. The van der Waals surface area contributed by atoms with Crippen molar-refractivity contribution in [2.24, 2.45) is 0 Å². The molecular weight excluding hydrogens is 190 g/mol. The lowest BCUT2D eigenvalue weighted by Gasteiger charge is -2.01. The van der Waals surface area contributed by atoms with Crippen molar-refractivity contribution in [2.45, 2.75) is 0 Å². The average molecular weight is 197 g/mol. The highest BCUT2D eigenvalue weighted by atomic mass is 15.3. The van der Waals surface area contributed by atoms with Crippen molar-refractivity contribution in [3.63, 3.8) is 0 Å². The highest BCUT2D eigenvalue weighted by Crippen LogP contribution is 2.16. The maximum Gasteiger partial charge on any atom is 0.174 e. The normalized spacial score (nSPS) is 10.7. The molecule has 72 valence electrons. The second-order valence-corrected chi connectivity index (χ2v) is 3.06. The highest BCUT2D eigenvalue weighted by Gasteiger charge is 2.04. The van der Waals surface area contributed by atoms with Gasteiger partial charge in [-0.05, 0) is 12.1 Å². The zero-order chi connectivity index (χ0) is 10.1. The van der Waals surface area contributed by atoms with E-state index in [1.807, 2.05) is 12.1 Å². The van der Waals surface area contributed by atoms with Gasteiger partial charge < -0.3 is 0 Å². The maximum atomic E-state index is 4.14. The molecule has 3 rings (SSSR count). The van der Waals surface area contributed by atoms with Crippen LogP contribution in [0.1, 0.15) is 0 Å². The molecule has 0 bridgehead atoms. The molecule has 0 unspecified atom stereocenters. The van der Waals surface area contributed by atoms with Crippen LogP contribution in [-0.4, -0.2) is 24.6 Å². The van der Waals surface area contributed by atoms with E-state index in [0.29, 0.717) is 0 Å². The van der Waals surface area contributed by atoms with E-state index in [2.05, 4.69) is 20.1 Å². The molecule has 0 amide bonds. The molecule has 0 saturated heterocycles. The largest absolute Gasteiger partial charge is 0.265 e. The van der Waals surface area contributed by atoms with Gasteiger partial charge in [-0.25, -0.2) is 9.50 Å². The Bertz CT molecular complexity index is 587. The van der Waals surface area contributed by atoms with Crippen LogP contribution in [0.4, 0.5) is 0 Å². The van der Waals surface area contributed by atoms with E-state index in [9.17, 15) is 0 Å². The third-order valence-electron chi connectivity index (χ3n) is 2.17. The third-order valence-corrected chi connectivity index (χ3v) is 2.17. The number of rotatable bonds is 1. The molecule has 0 fully saturated rings. The number of hydrogen-bond acceptors (Lipinski definition) is 4. The maximum absolute atomic E-state index is 4.14. The summed E-state index contributed by atoms with van der Waals surface area (Å²) in [6, 6.07) is 3.83. The molecule has 0 saturated carbocycles. The summed E-state index contributed by atoms with van der Waals surface area (Å²) in [6.45, 7) is 0. The van der Waals surface area contributed by atoms with Crippen LogP contribution in [0, 0.1) is 0 Å². The molecule has 5 nitrogen and oxygen atoms in total. The minimum atomic E-state index is 0.740. The first-order valence-electron chi connectivity index (χ1n) is 4.49. The molecule has 0 N–H and O–H groups in total. The van der Waals surface area contributed by atoms with E-state index in [-0.39, 0.29) is 0 Å². The number of hydrogen-bond donors (Lipinski definition) is 0. The van der Waals surface area contributed by atoms with Gasteiger partial charge in [0.05, 0.1) is 18.1 Å². The molecule has 0 spiro atoms. The van der Waals surface area contributed by atoms with Crippen molar-refractivity contribution in [3.05, 3.63) is 43.2 Å². The van der Waals surface area contributed by atoms with Crippen molar-refractivity contribution in [1.82, 2.24) is 24.6 Å². The molecule has 0 radical (unpaired) electrons. The van der Waals surface area contributed by atoms with Crippen molar-refractivity contribution >= 4 is 5.65 Å². The van der Waals surface area contributed by atoms with E-state index < -0.39 is 0 Å². The summed E-state index contributed by atoms with van der Waals surface area (Å²) >= 11 is 0. The molecule has 3 heterocycles. The van der Waals surface area contributed by atoms with Crippen LogP contribution < -0.4 is 0 Å². The molecular formula is C10H7N5. The number of nitrogens with zero attached hydrogens (tertiary/aromatic N) is 5. The molecule has 3 aromatic rings. The summed E-state index contributed by atoms with van der Waals surface area (Å²) in [6.07, 6.45) is 8.44. The van der Waals surface area contributed by atoms with Crippen molar-refractivity contribution in [3.8, 4) is 11.3 Å². The fourth-order valence-electron chi connectivity index (χ4n) is 1.47. The van der Waals surface area contributed by atoms with Crippen LogP contribution in [-0.2, 0) is 0 Å². The summed E-state index contributed by atoms with van der Waals surface area (Å²) in [7, 11) is 0. The van der Waals surface area contributed by atoms with Crippen LogP contribution in [0.2, 0.25) is 0 Å². The molecule has 15 heavy (non-hydrogen) atoms. The Morgan fingerprint density at radius 1 is 1.00 bits per heavy atom. The minimum Gasteiger partial charge on any atom is -0.265 e. The molecule has 0 aromatic carbocycles. The third kappa shape index (κ3) is 1.25. The van der Waals surface area contributed by atoms with E-state index >= 15 is 0 Å². The van der Waals surface area contributed by atoms with E-state index in [1.54, 1.807) is 29.3 Å². The molecule has 0 aliphatic carbocycles. The van der Waals surface area contributed by atoms with Crippen LogP contribution in [0.15, 0.2) is 43.2 Å². The Balaban J connectivity index is 2.31. The highest BCUT2D eigenvalue weighted by molar-refractivity contribution is 5.60. The SMILES string of the molecule is c1cc(-c2cncc3ncnn23)ccn1. The van der Waals surface area contributed by atoms with Crippen LogP contribution >= 0.6 is 0 Å². The van der Waals surface area contributed by atoms with Gasteiger partial charge in [0, 0.05) is 18.0 Å². The Morgan fingerprint density at radius 3 is 2.73 bits per heavy atom. The molecule has 0 aliphatic heterocycles. The lowest BCUT2D eigenvalue weighted by Crippen LogP contribution is -1.94. The summed E-state index contributed by atoms with van der Waals surface area (Å²) in [5, 5.41) is 4.14. The fourth-order valence-corrected chi connectivity index (χ4v) is 1.47. The van der Waals surface area contributed by atoms with Crippen LogP contribution in [0.3, 0.4) is 0 Å². The van der Waals surface area contributed by atoms with Gasteiger partial charge in [0.1, 0.15) is 6.33 Å². The number of pyridine rings is 1. The molecule has 0 aliphatic rings. The quantitative estimate of drug-likeness (QED) is 0.588. The minimum absolute atomic E-state index is 0.740. The van der Waals surface area contributed by atoms with E-state index in [0.717, 1.165) is 16.9 Å². The number of fused-ring (bicyclic) bond motifs is 1. The standard InChI is InChI=1S/C10H7N5/c1-3-11-4-2-8(1)9-5-12-6-10-13-7-14-15(9)10/h1-7H. The smallest absolute Gasteiger partial charge is 0.174 e. The average Bonchev–Trinajstić information content (AvgIpc) is 2.78. The summed E-state index contributed by atoms with van der Waals surface area (Å²) in [5.41, 5.74) is 2.67. The van der Waals surface area contributed by atoms with Crippen LogP contribution in [0.25, 0.3) is 16.9 Å². The molecule has 3 aromatic heterocycles. The monoisotopic (exact) mass is 197 g/mol. The van der Waals surface area contributed by atoms with Gasteiger partial charge >= 0.3 is 0 Å². The van der Waals surface area contributed by atoms with Gasteiger partial charge in [-0.3, -0.25) is 9.97 Å². The predicted octanol–water partition coefficient (Wildman–Crippen LogP) is 1.19. The first-order chi connectivity index (χ1) is 7.45.